The average molecular weight is 408 g/mol. The molecule has 0 unspecified atom stereocenters. The van der Waals surface area contributed by atoms with Crippen molar-refractivity contribution in [2.45, 2.75) is 30.8 Å². The molecule has 0 saturated carbocycles. The van der Waals surface area contributed by atoms with Crippen LogP contribution >= 0.6 is 11.8 Å². The molecule has 29 heavy (non-hydrogen) atoms. The number of thioether (sulfide) groups is 1. The molecule has 1 atom stereocenters. The van der Waals surface area contributed by atoms with Crippen molar-refractivity contribution >= 4 is 57.1 Å². The van der Waals surface area contributed by atoms with Crippen LogP contribution in [-0.2, 0) is 11.3 Å². The highest BCUT2D eigenvalue weighted by atomic mass is 32.2. The Bertz CT molecular complexity index is 1200. The first kappa shape index (κ1) is 19.0. The van der Waals surface area contributed by atoms with Gasteiger partial charge in [0.1, 0.15) is 0 Å². The van der Waals surface area contributed by atoms with Gasteiger partial charge in [0, 0.05) is 34.0 Å². The number of hydrogen-bond donors (Lipinski definition) is 3. The van der Waals surface area contributed by atoms with Gasteiger partial charge < -0.3 is 21.4 Å². The molecule has 0 aliphatic rings. The number of nitrogens with one attached hydrogen (secondary N) is 1. The normalized spacial score (nSPS) is 12.3. The topological polar surface area (TPSA) is 125 Å². The number of nitrogen functional groups attached to an aromatic ring is 2. The standard InChI is InChI=1S/C20H21N7OS/c1-3-27-15-7-5-4-6-13(15)14-10-12(8-9-16(14)27)23-17(28)11(2)29-20-25-18(21)24-19(22)26-20/h4-11H,3H2,1-2H3,(H,23,28)(H4,21,22,24,25,26)/t11-/m1/s1. The number of rotatable bonds is 5. The van der Waals surface area contributed by atoms with Crippen LogP contribution in [0.3, 0.4) is 0 Å². The van der Waals surface area contributed by atoms with Gasteiger partial charge in [-0.25, -0.2) is 0 Å². The number of fused-ring (bicyclic) bond motifs is 3. The Hall–Kier alpha value is -3.33. The van der Waals surface area contributed by atoms with E-state index in [9.17, 15) is 4.79 Å². The summed E-state index contributed by atoms with van der Waals surface area (Å²) in [6.07, 6.45) is 0. The Morgan fingerprint density at radius 1 is 1.07 bits per heavy atom. The van der Waals surface area contributed by atoms with E-state index in [1.165, 1.54) is 22.7 Å². The van der Waals surface area contributed by atoms with Gasteiger partial charge in [0.25, 0.3) is 0 Å². The van der Waals surface area contributed by atoms with Crippen LogP contribution < -0.4 is 16.8 Å². The van der Waals surface area contributed by atoms with Crippen molar-refractivity contribution in [2.75, 3.05) is 16.8 Å². The van der Waals surface area contributed by atoms with Crippen LogP contribution in [0, 0.1) is 0 Å². The Morgan fingerprint density at radius 2 is 1.76 bits per heavy atom. The van der Waals surface area contributed by atoms with Crippen LogP contribution in [0.1, 0.15) is 13.8 Å². The number of anilines is 3. The first-order valence-corrected chi connectivity index (χ1v) is 10.1. The molecule has 2 aromatic carbocycles. The molecule has 5 N–H and O–H groups in total. The summed E-state index contributed by atoms with van der Waals surface area (Å²) in [6, 6.07) is 14.2. The number of amides is 1. The molecule has 0 aliphatic heterocycles. The third-order valence-corrected chi connectivity index (χ3v) is 5.62. The third-order valence-electron chi connectivity index (χ3n) is 4.66. The SMILES string of the molecule is CCn1c2ccccc2c2cc(NC(=O)[C@@H](C)Sc3nc(N)nc(N)n3)ccc21. The predicted molar refractivity (Wildman–Crippen MR) is 118 cm³/mol. The van der Waals surface area contributed by atoms with E-state index in [1.807, 2.05) is 30.3 Å². The smallest absolute Gasteiger partial charge is 0.237 e. The zero-order chi connectivity index (χ0) is 20.5. The van der Waals surface area contributed by atoms with Gasteiger partial charge in [0.05, 0.1) is 5.25 Å². The van der Waals surface area contributed by atoms with Crippen LogP contribution in [0.2, 0.25) is 0 Å². The van der Waals surface area contributed by atoms with Crippen LogP contribution in [0.15, 0.2) is 47.6 Å². The molecular weight excluding hydrogens is 386 g/mol. The second-order valence-electron chi connectivity index (χ2n) is 6.58. The number of hydrogen-bond acceptors (Lipinski definition) is 7. The molecule has 4 rings (SSSR count). The quantitative estimate of drug-likeness (QED) is 0.434. The summed E-state index contributed by atoms with van der Waals surface area (Å²) in [5, 5.41) is 5.13. The number of carbonyl (C=O) groups is 1. The van der Waals surface area contributed by atoms with E-state index in [0.29, 0.717) is 5.16 Å². The van der Waals surface area contributed by atoms with Gasteiger partial charge in [-0.2, -0.15) is 15.0 Å². The maximum absolute atomic E-state index is 12.7. The highest BCUT2D eigenvalue weighted by molar-refractivity contribution is 8.00. The maximum Gasteiger partial charge on any atom is 0.237 e. The number of benzene rings is 2. The minimum absolute atomic E-state index is 0.0328. The molecule has 0 bridgehead atoms. The van der Waals surface area contributed by atoms with Gasteiger partial charge in [0.2, 0.25) is 17.8 Å². The van der Waals surface area contributed by atoms with Crippen molar-refractivity contribution in [3.8, 4) is 0 Å². The second-order valence-corrected chi connectivity index (χ2v) is 7.89. The number of nitrogens with two attached hydrogens (primary N) is 2. The zero-order valence-corrected chi connectivity index (χ0v) is 16.9. The summed E-state index contributed by atoms with van der Waals surface area (Å²) in [6.45, 7) is 4.78. The van der Waals surface area contributed by atoms with Gasteiger partial charge in [-0.3, -0.25) is 4.79 Å². The third kappa shape index (κ3) is 3.68. The molecule has 0 fully saturated rings. The fraction of sp³-hybridized carbons (Fsp3) is 0.200. The molecule has 0 aliphatic carbocycles. The Morgan fingerprint density at radius 3 is 2.48 bits per heavy atom. The van der Waals surface area contributed by atoms with Crippen molar-refractivity contribution in [1.82, 2.24) is 19.5 Å². The summed E-state index contributed by atoms with van der Waals surface area (Å²) in [5.74, 6) is -0.0955. The molecule has 0 radical (unpaired) electrons. The minimum atomic E-state index is -0.441. The van der Waals surface area contributed by atoms with E-state index in [-0.39, 0.29) is 17.8 Å². The van der Waals surface area contributed by atoms with Crippen LogP contribution in [0.25, 0.3) is 21.8 Å². The second kappa shape index (κ2) is 7.59. The van der Waals surface area contributed by atoms with E-state index in [2.05, 4.69) is 43.9 Å². The average Bonchev–Trinajstić information content (AvgIpc) is 3.00. The number of aryl methyl sites for hydroxylation is 1. The molecule has 9 heteroatoms. The maximum atomic E-state index is 12.7. The van der Waals surface area contributed by atoms with Gasteiger partial charge in [0.15, 0.2) is 5.16 Å². The van der Waals surface area contributed by atoms with Crippen molar-refractivity contribution < 1.29 is 4.79 Å². The molecule has 2 heterocycles. The van der Waals surface area contributed by atoms with Crippen LogP contribution in [0.5, 0.6) is 0 Å². The molecule has 148 valence electrons. The molecule has 4 aromatic rings. The lowest BCUT2D eigenvalue weighted by Crippen LogP contribution is -2.22. The van der Waals surface area contributed by atoms with E-state index in [4.69, 9.17) is 11.5 Å². The molecule has 0 spiro atoms. The zero-order valence-electron chi connectivity index (χ0n) is 16.1. The number of nitrogens with zero attached hydrogens (tertiary/aromatic N) is 4. The van der Waals surface area contributed by atoms with Gasteiger partial charge in [-0.15, -0.1) is 0 Å². The first-order valence-electron chi connectivity index (χ1n) is 9.21. The lowest BCUT2D eigenvalue weighted by molar-refractivity contribution is -0.115. The number of aromatic nitrogens is 4. The molecular formula is C20H21N7OS. The lowest BCUT2D eigenvalue weighted by Gasteiger charge is -2.12. The molecule has 0 saturated heterocycles. The van der Waals surface area contributed by atoms with Crippen LogP contribution in [0.4, 0.5) is 17.6 Å². The summed E-state index contributed by atoms with van der Waals surface area (Å²) < 4.78 is 2.27. The van der Waals surface area contributed by atoms with Gasteiger partial charge >= 0.3 is 0 Å². The van der Waals surface area contributed by atoms with E-state index in [0.717, 1.165) is 23.1 Å². The Labute approximate surface area is 171 Å². The fourth-order valence-corrected chi connectivity index (χ4v) is 4.14. The number of para-hydroxylation sites is 1. The van der Waals surface area contributed by atoms with E-state index in [1.54, 1.807) is 6.92 Å². The molecule has 8 nitrogen and oxygen atoms in total. The van der Waals surface area contributed by atoms with E-state index < -0.39 is 5.25 Å². The summed E-state index contributed by atoms with van der Waals surface area (Å²) in [5.41, 5.74) is 14.2. The highest BCUT2D eigenvalue weighted by Gasteiger charge is 2.18. The lowest BCUT2D eigenvalue weighted by atomic mass is 10.1. The monoisotopic (exact) mass is 407 g/mol. The van der Waals surface area contributed by atoms with E-state index >= 15 is 0 Å². The largest absolute Gasteiger partial charge is 0.368 e. The summed E-state index contributed by atoms with van der Waals surface area (Å²) in [7, 11) is 0. The molecule has 1 amide bonds. The highest BCUT2D eigenvalue weighted by Crippen LogP contribution is 2.31. The summed E-state index contributed by atoms with van der Waals surface area (Å²) in [4.78, 5) is 24.4. The van der Waals surface area contributed by atoms with Crippen molar-refractivity contribution in [3.63, 3.8) is 0 Å². The minimum Gasteiger partial charge on any atom is -0.368 e. The van der Waals surface area contributed by atoms with Gasteiger partial charge in [-0.05, 0) is 38.1 Å². The van der Waals surface area contributed by atoms with Crippen molar-refractivity contribution in [1.29, 1.82) is 0 Å². The predicted octanol–water partition coefficient (Wildman–Crippen LogP) is 3.28. The van der Waals surface area contributed by atoms with Gasteiger partial charge in [-0.1, -0.05) is 30.0 Å². The number of carbonyl (C=O) groups excluding carboxylic acids is 1. The Balaban J connectivity index is 1.58. The van der Waals surface area contributed by atoms with Crippen molar-refractivity contribution in [3.05, 3.63) is 42.5 Å². The van der Waals surface area contributed by atoms with Crippen LogP contribution in [-0.4, -0.2) is 30.7 Å². The Kier molecular flexibility index (Phi) is 4.98. The molecule has 2 aromatic heterocycles. The van der Waals surface area contributed by atoms with Crippen molar-refractivity contribution in [2.24, 2.45) is 0 Å². The fourth-order valence-electron chi connectivity index (χ4n) is 3.37. The summed E-state index contributed by atoms with van der Waals surface area (Å²) >= 11 is 1.17. The first-order chi connectivity index (χ1) is 14.0.